The highest BCUT2D eigenvalue weighted by Crippen LogP contribution is 2.39. The Morgan fingerprint density at radius 1 is 1.33 bits per heavy atom. The second kappa shape index (κ2) is 4.63. The minimum Gasteiger partial charge on any atom is -0.307 e. The van der Waals surface area contributed by atoms with E-state index in [4.69, 9.17) is 11.6 Å². The molecular formula is C12H10BrClFN3. The molecule has 6 heteroatoms. The molecule has 0 saturated heterocycles. The highest BCUT2D eigenvalue weighted by molar-refractivity contribution is 9.10. The number of aromatic nitrogens is 3. The molecular weight excluding hydrogens is 321 g/mol. The molecule has 1 saturated carbocycles. The lowest BCUT2D eigenvalue weighted by atomic mass is 10.2. The van der Waals surface area contributed by atoms with Gasteiger partial charge in [-0.25, -0.2) is 4.39 Å². The van der Waals surface area contributed by atoms with E-state index in [1.54, 1.807) is 0 Å². The molecule has 2 aromatic rings. The lowest BCUT2D eigenvalue weighted by Crippen LogP contribution is -2.02. The summed E-state index contributed by atoms with van der Waals surface area (Å²) >= 11 is 9.15. The number of rotatable bonds is 3. The molecule has 0 N–H and O–H groups in total. The van der Waals surface area contributed by atoms with Crippen molar-refractivity contribution in [3.05, 3.63) is 34.3 Å². The van der Waals surface area contributed by atoms with Crippen molar-refractivity contribution in [2.75, 3.05) is 0 Å². The number of hydrogen-bond donors (Lipinski definition) is 0. The zero-order valence-electron chi connectivity index (χ0n) is 9.41. The maximum absolute atomic E-state index is 13.4. The van der Waals surface area contributed by atoms with Gasteiger partial charge in [0.2, 0.25) is 0 Å². The summed E-state index contributed by atoms with van der Waals surface area (Å²) in [7, 11) is 0. The molecule has 0 aliphatic heterocycles. The zero-order valence-corrected chi connectivity index (χ0v) is 11.7. The van der Waals surface area contributed by atoms with Crippen molar-refractivity contribution in [1.29, 1.82) is 0 Å². The summed E-state index contributed by atoms with van der Waals surface area (Å²) in [6.45, 7) is 0. The zero-order chi connectivity index (χ0) is 12.7. The topological polar surface area (TPSA) is 30.7 Å². The molecule has 3 rings (SSSR count). The van der Waals surface area contributed by atoms with Crippen LogP contribution < -0.4 is 0 Å². The van der Waals surface area contributed by atoms with E-state index in [-0.39, 0.29) is 5.82 Å². The summed E-state index contributed by atoms with van der Waals surface area (Å²) in [5.41, 5.74) is 0.720. The van der Waals surface area contributed by atoms with Gasteiger partial charge in [0.15, 0.2) is 5.82 Å². The Bertz CT molecular complexity index is 575. The Hall–Kier alpha value is -0.940. The number of hydrogen-bond acceptors (Lipinski definition) is 2. The van der Waals surface area contributed by atoms with E-state index in [0.29, 0.717) is 22.2 Å². The first-order valence-electron chi connectivity index (χ1n) is 5.65. The number of alkyl halides is 1. The fourth-order valence-electron chi connectivity index (χ4n) is 2.01. The van der Waals surface area contributed by atoms with Gasteiger partial charge in [0, 0.05) is 16.1 Å². The third kappa shape index (κ3) is 2.17. The Morgan fingerprint density at radius 3 is 2.72 bits per heavy atom. The van der Waals surface area contributed by atoms with Crippen LogP contribution in [0.3, 0.4) is 0 Å². The van der Waals surface area contributed by atoms with E-state index in [2.05, 4.69) is 26.1 Å². The summed E-state index contributed by atoms with van der Waals surface area (Å²) in [4.78, 5) is 0. The fourth-order valence-corrected chi connectivity index (χ4v) is 2.66. The standard InChI is InChI=1S/C12H10BrClFN3/c13-8-3-7(4-9(15)5-8)12-17-16-11(6-14)18(12)10-1-2-10/h3-5,10H,1-2,6H2. The van der Waals surface area contributed by atoms with E-state index < -0.39 is 0 Å². The number of halogens is 3. The molecule has 0 spiro atoms. The lowest BCUT2D eigenvalue weighted by molar-refractivity contribution is 0.626. The maximum atomic E-state index is 13.4. The van der Waals surface area contributed by atoms with Crippen LogP contribution in [0.1, 0.15) is 24.7 Å². The van der Waals surface area contributed by atoms with Crippen molar-refractivity contribution >= 4 is 27.5 Å². The summed E-state index contributed by atoms with van der Waals surface area (Å²) in [6, 6.07) is 5.13. The maximum Gasteiger partial charge on any atom is 0.164 e. The Balaban J connectivity index is 2.13. The normalized spacial score (nSPS) is 15.1. The van der Waals surface area contributed by atoms with E-state index in [9.17, 15) is 4.39 Å². The molecule has 1 aliphatic carbocycles. The summed E-state index contributed by atoms with van der Waals surface area (Å²) in [5, 5.41) is 8.22. The molecule has 0 atom stereocenters. The van der Waals surface area contributed by atoms with Gasteiger partial charge in [0.1, 0.15) is 11.6 Å². The van der Waals surface area contributed by atoms with Crippen molar-refractivity contribution in [2.24, 2.45) is 0 Å². The second-order valence-electron chi connectivity index (χ2n) is 4.33. The second-order valence-corrected chi connectivity index (χ2v) is 5.52. The van der Waals surface area contributed by atoms with Crippen molar-refractivity contribution in [2.45, 2.75) is 24.8 Å². The highest BCUT2D eigenvalue weighted by atomic mass is 79.9. The van der Waals surface area contributed by atoms with Gasteiger partial charge >= 0.3 is 0 Å². The van der Waals surface area contributed by atoms with Crippen LogP contribution in [0.5, 0.6) is 0 Å². The van der Waals surface area contributed by atoms with Crippen molar-refractivity contribution < 1.29 is 4.39 Å². The van der Waals surface area contributed by atoms with E-state index in [1.807, 2.05) is 10.6 Å². The SMILES string of the molecule is Fc1cc(Br)cc(-c2nnc(CCl)n2C2CC2)c1. The summed E-state index contributed by atoms with van der Waals surface area (Å²) in [6.07, 6.45) is 2.21. The molecule has 1 aromatic carbocycles. The molecule has 0 bridgehead atoms. The molecule has 1 aromatic heterocycles. The van der Waals surface area contributed by atoms with Crippen LogP contribution in [0.4, 0.5) is 4.39 Å². The minimum absolute atomic E-state index is 0.294. The largest absolute Gasteiger partial charge is 0.307 e. The predicted octanol–water partition coefficient (Wildman–Crippen LogP) is 3.92. The molecule has 0 unspecified atom stereocenters. The smallest absolute Gasteiger partial charge is 0.164 e. The van der Waals surface area contributed by atoms with Crippen LogP contribution in [-0.2, 0) is 5.88 Å². The molecule has 1 fully saturated rings. The Kier molecular flexibility index (Phi) is 3.11. The number of benzene rings is 1. The molecule has 3 nitrogen and oxygen atoms in total. The molecule has 1 heterocycles. The van der Waals surface area contributed by atoms with Gasteiger partial charge < -0.3 is 4.57 Å². The van der Waals surface area contributed by atoms with E-state index in [0.717, 1.165) is 24.2 Å². The van der Waals surface area contributed by atoms with Crippen molar-refractivity contribution in [3.63, 3.8) is 0 Å². The first kappa shape index (κ1) is 12.1. The third-order valence-electron chi connectivity index (χ3n) is 2.92. The van der Waals surface area contributed by atoms with Crippen LogP contribution in [-0.4, -0.2) is 14.8 Å². The van der Waals surface area contributed by atoms with Gasteiger partial charge in [-0.1, -0.05) is 15.9 Å². The average Bonchev–Trinajstić information content (AvgIpc) is 3.07. The van der Waals surface area contributed by atoms with E-state index >= 15 is 0 Å². The molecule has 18 heavy (non-hydrogen) atoms. The quantitative estimate of drug-likeness (QED) is 0.799. The predicted molar refractivity (Wildman–Crippen MR) is 70.9 cm³/mol. The summed E-state index contributed by atoms with van der Waals surface area (Å²) in [5.74, 6) is 1.46. The van der Waals surface area contributed by atoms with Gasteiger partial charge in [-0.2, -0.15) is 0 Å². The van der Waals surface area contributed by atoms with Crippen LogP contribution in [0.2, 0.25) is 0 Å². The average molecular weight is 331 g/mol. The fraction of sp³-hybridized carbons (Fsp3) is 0.333. The number of nitrogens with zero attached hydrogens (tertiary/aromatic N) is 3. The van der Waals surface area contributed by atoms with Gasteiger partial charge in [-0.3, -0.25) is 0 Å². The van der Waals surface area contributed by atoms with Crippen LogP contribution in [0.25, 0.3) is 11.4 Å². The molecule has 1 aliphatic rings. The van der Waals surface area contributed by atoms with Gasteiger partial charge in [0.25, 0.3) is 0 Å². The third-order valence-corrected chi connectivity index (χ3v) is 3.62. The van der Waals surface area contributed by atoms with Gasteiger partial charge in [0.05, 0.1) is 5.88 Å². The first-order chi connectivity index (χ1) is 8.69. The molecule has 0 amide bonds. The van der Waals surface area contributed by atoms with Crippen molar-refractivity contribution in [1.82, 2.24) is 14.8 Å². The lowest BCUT2D eigenvalue weighted by Gasteiger charge is -2.08. The Morgan fingerprint density at radius 2 is 2.11 bits per heavy atom. The minimum atomic E-state index is -0.294. The van der Waals surface area contributed by atoms with Crippen LogP contribution in [0, 0.1) is 5.82 Å². The van der Waals surface area contributed by atoms with E-state index in [1.165, 1.54) is 12.1 Å². The Labute approximate surface area is 117 Å². The molecule has 0 radical (unpaired) electrons. The first-order valence-corrected chi connectivity index (χ1v) is 6.98. The van der Waals surface area contributed by atoms with Gasteiger partial charge in [-0.05, 0) is 31.0 Å². The highest BCUT2D eigenvalue weighted by Gasteiger charge is 2.29. The van der Waals surface area contributed by atoms with Crippen LogP contribution >= 0.6 is 27.5 Å². The van der Waals surface area contributed by atoms with Crippen molar-refractivity contribution in [3.8, 4) is 11.4 Å². The molecule has 94 valence electrons. The summed E-state index contributed by atoms with van der Waals surface area (Å²) < 4.78 is 16.1. The monoisotopic (exact) mass is 329 g/mol. The van der Waals surface area contributed by atoms with Crippen LogP contribution in [0.15, 0.2) is 22.7 Å². The van der Waals surface area contributed by atoms with Gasteiger partial charge in [-0.15, -0.1) is 21.8 Å².